The molecule has 15 heavy (non-hydrogen) atoms. The minimum absolute atomic E-state index is 0.332. The summed E-state index contributed by atoms with van der Waals surface area (Å²) < 4.78 is 3.45. The average molecular weight is 325 g/mol. The maximum Gasteiger partial charge on any atom is 0.235 e. The van der Waals surface area contributed by atoms with Gasteiger partial charge in [0, 0.05) is 0 Å². The topological polar surface area (TPSA) is 12.9 Å². The molecular weight excluding hydrogens is 316 g/mol. The number of hydrogen-bond donors (Lipinski definition) is 0. The Balaban J connectivity index is 2.72. The third kappa shape index (κ3) is 4.14. The molecule has 0 aliphatic carbocycles. The van der Waals surface area contributed by atoms with Crippen molar-refractivity contribution in [3.05, 3.63) is 10.7 Å². The number of hydrogen-bond acceptors (Lipinski definition) is 3. The van der Waals surface area contributed by atoms with E-state index in [-0.39, 0.29) is 0 Å². The Kier molecular flexibility index (Phi) is 5.85. The first-order valence-electron chi connectivity index (χ1n) is 4.32. The Hall–Kier alpha value is 1.14. The molecule has 0 aliphatic heterocycles. The number of alkyl halides is 3. The van der Waals surface area contributed by atoms with Crippen molar-refractivity contribution < 1.29 is 0 Å². The monoisotopic (exact) mass is 323 g/mol. The van der Waals surface area contributed by atoms with Crippen molar-refractivity contribution >= 4 is 69.7 Å². The second-order valence-electron chi connectivity index (χ2n) is 2.83. The minimum Gasteiger partial charge on any atom is -0.190 e. The van der Waals surface area contributed by atoms with Gasteiger partial charge in [-0.3, -0.25) is 0 Å². The molecule has 86 valence electrons. The lowest BCUT2D eigenvalue weighted by atomic mass is 10.4. The molecule has 0 atom stereocenters. The van der Waals surface area contributed by atoms with Gasteiger partial charge >= 0.3 is 0 Å². The van der Waals surface area contributed by atoms with E-state index in [0.717, 1.165) is 22.8 Å². The Labute approximate surface area is 118 Å². The van der Waals surface area contributed by atoms with Gasteiger partial charge in [0.05, 0.1) is 9.23 Å². The van der Waals surface area contributed by atoms with E-state index in [2.05, 4.69) is 11.3 Å². The normalized spacial score (nSPS) is 12.1. The molecule has 0 bridgehead atoms. The van der Waals surface area contributed by atoms with Crippen LogP contribution in [0, 0.1) is 0 Å². The number of nitrogens with zero attached hydrogens (tertiary/aromatic N) is 1. The SMILES string of the molecule is CCCCSc1snc(C(Cl)(Cl)Cl)c1Cl. The third-order valence-corrected chi connectivity index (χ3v) is 4.92. The summed E-state index contributed by atoms with van der Waals surface area (Å²) in [5.41, 5.74) is 0.332. The fraction of sp³-hybridized carbons (Fsp3) is 0.625. The van der Waals surface area contributed by atoms with Crippen LogP contribution in [-0.4, -0.2) is 10.1 Å². The van der Waals surface area contributed by atoms with Gasteiger partial charge in [0.1, 0.15) is 5.69 Å². The van der Waals surface area contributed by atoms with Crippen LogP contribution in [0.5, 0.6) is 0 Å². The second kappa shape index (κ2) is 6.18. The lowest BCUT2D eigenvalue weighted by Crippen LogP contribution is -2.00. The molecule has 0 N–H and O–H groups in total. The summed E-state index contributed by atoms with van der Waals surface area (Å²) in [7, 11) is 0. The number of halogens is 4. The summed E-state index contributed by atoms with van der Waals surface area (Å²) in [5.74, 6) is 1.01. The van der Waals surface area contributed by atoms with Crippen LogP contribution in [0.4, 0.5) is 0 Å². The van der Waals surface area contributed by atoms with E-state index in [9.17, 15) is 0 Å². The van der Waals surface area contributed by atoms with Gasteiger partial charge in [-0.2, -0.15) is 4.37 Å². The zero-order chi connectivity index (χ0) is 11.5. The lowest BCUT2D eigenvalue weighted by Gasteiger charge is -2.07. The van der Waals surface area contributed by atoms with Crippen LogP contribution < -0.4 is 0 Å². The van der Waals surface area contributed by atoms with Gasteiger partial charge < -0.3 is 0 Å². The van der Waals surface area contributed by atoms with Crippen molar-refractivity contribution in [2.24, 2.45) is 0 Å². The maximum absolute atomic E-state index is 6.06. The van der Waals surface area contributed by atoms with E-state index in [4.69, 9.17) is 46.4 Å². The molecule has 1 nitrogen and oxygen atoms in total. The molecule has 1 aromatic heterocycles. The molecule has 0 aliphatic rings. The first-order valence-corrected chi connectivity index (χ1v) is 7.59. The Bertz CT molecular complexity index is 321. The van der Waals surface area contributed by atoms with Crippen molar-refractivity contribution in [1.29, 1.82) is 0 Å². The molecule has 0 fully saturated rings. The number of aromatic nitrogens is 1. The highest BCUT2D eigenvalue weighted by molar-refractivity contribution is 8.01. The highest BCUT2D eigenvalue weighted by Gasteiger charge is 2.30. The minimum atomic E-state index is -1.53. The van der Waals surface area contributed by atoms with Crippen molar-refractivity contribution in [3.8, 4) is 0 Å². The van der Waals surface area contributed by atoms with Crippen LogP contribution in [0.15, 0.2) is 4.21 Å². The first-order chi connectivity index (χ1) is 6.96. The van der Waals surface area contributed by atoms with Crippen LogP contribution >= 0.6 is 69.7 Å². The van der Waals surface area contributed by atoms with Crippen LogP contribution in [0.1, 0.15) is 25.5 Å². The molecule has 0 unspecified atom stereocenters. The number of unbranched alkanes of at least 4 members (excludes halogenated alkanes) is 1. The Morgan fingerprint density at radius 1 is 1.40 bits per heavy atom. The fourth-order valence-corrected chi connectivity index (χ4v) is 4.04. The van der Waals surface area contributed by atoms with Crippen molar-refractivity contribution in [1.82, 2.24) is 4.37 Å². The Morgan fingerprint density at radius 3 is 2.53 bits per heavy atom. The largest absolute Gasteiger partial charge is 0.235 e. The standard InChI is InChI=1S/C8H9Cl4NS2/c1-2-3-4-14-7-5(9)6(13-15-7)8(10,11)12/h2-4H2,1H3. The van der Waals surface area contributed by atoms with Gasteiger partial charge in [-0.05, 0) is 23.7 Å². The molecule has 0 saturated heterocycles. The molecule has 1 aromatic rings. The molecule has 0 saturated carbocycles. The van der Waals surface area contributed by atoms with Crippen LogP contribution in [0.2, 0.25) is 5.02 Å². The molecule has 0 radical (unpaired) electrons. The predicted octanol–water partition coefficient (Wildman–Crippen LogP) is 5.52. The summed E-state index contributed by atoms with van der Waals surface area (Å²) in [6.07, 6.45) is 2.29. The summed E-state index contributed by atoms with van der Waals surface area (Å²) in [6, 6.07) is 0. The highest BCUT2D eigenvalue weighted by Crippen LogP contribution is 2.45. The third-order valence-electron chi connectivity index (χ3n) is 1.61. The Morgan fingerprint density at radius 2 is 2.07 bits per heavy atom. The summed E-state index contributed by atoms with van der Waals surface area (Å²) in [4.78, 5) is 0. The number of rotatable bonds is 4. The molecule has 1 heterocycles. The zero-order valence-corrected chi connectivity index (χ0v) is 12.6. The highest BCUT2D eigenvalue weighted by atomic mass is 35.6. The fourth-order valence-electron chi connectivity index (χ4n) is 0.839. The first kappa shape index (κ1) is 14.2. The molecule has 1 rings (SSSR count). The maximum atomic E-state index is 6.06. The smallest absolute Gasteiger partial charge is 0.190 e. The zero-order valence-electron chi connectivity index (χ0n) is 7.90. The second-order valence-corrected chi connectivity index (χ2v) is 7.63. The molecule has 0 amide bonds. The summed E-state index contributed by atoms with van der Waals surface area (Å²) in [5, 5.41) is 0.473. The van der Waals surface area contributed by atoms with E-state index in [0.29, 0.717) is 10.7 Å². The van der Waals surface area contributed by atoms with E-state index in [1.165, 1.54) is 11.5 Å². The van der Waals surface area contributed by atoms with Crippen LogP contribution in [-0.2, 0) is 3.79 Å². The van der Waals surface area contributed by atoms with Crippen LogP contribution in [0.3, 0.4) is 0 Å². The van der Waals surface area contributed by atoms with Gasteiger partial charge in [-0.25, -0.2) is 0 Å². The lowest BCUT2D eigenvalue weighted by molar-refractivity contribution is 0.896. The molecule has 0 spiro atoms. The van der Waals surface area contributed by atoms with Gasteiger partial charge in [-0.1, -0.05) is 59.7 Å². The van der Waals surface area contributed by atoms with E-state index < -0.39 is 3.79 Å². The predicted molar refractivity (Wildman–Crippen MR) is 72.0 cm³/mol. The molecule has 7 heteroatoms. The van der Waals surface area contributed by atoms with Crippen molar-refractivity contribution in [2.75, 3.05) is 5.75 Å². The molecule has 0 aromatic carbocycles. The van der Waals surface area contributed by atoms with Crippen LogP contribution in [0.25, 0.3) is 0 Å². The van der Waals surface area contributed by atoms with Gasteiger partial charge in [0.15, 0.2) is 0 Å². The van der Waals surface area contributed by atoms with E-state index in [1.54, 1.807) is 11.8 Å². The van der Waals surface area contributed by atoms with Gasteiger partial charge in [0.25, 0.3) is 0 Å². The molecular formula is C8H9Cl4NS2. The summed E-state index contributed by atoms with van der Waals surface area (Å²) in [6.45, 7) is 2.14. The van der Waals surface area contributed by atoms with Crippen molar-refractivity contribution in [3.63, 3.8) is 0 Å². The van der Waals surface area contributed by atoms with E-state index in [1.807, 2.05) is 0 Å². The number of thioether (sulfide) groups is 1. The quantitative estimate of drug-likeness (QED) is 0.411. The summed E-state index contributed by atoms with van der Waals surface area (Å²) >= 11 is 26.2. The van der Waals surface area contributed by atoms with Crippen molar-refractivity contribution in [2.45, 2.75) is 27.8 Å². The van der Waals surface area contributed by atoms with Gasteiger partial charge in [0.2, 0.25) is 3.79 Å². The average Bonchev–Trinajstić information content (AvgIpc) is 2.47. The van der Waals surface area contributed by atoms with Gasteiger partial charge in [-0.15, -0.1) is 11.8 Å². The van der Waals surface area contributed by atoms with E-state index >= 15 is 0 Å².